The second-order valence-electron chi connectivity index (χ2n) is 5.77. The summed E-state index contributed by atoms with van der Waals surface area (Å²) in [6.45, 7) is 9.58. The van der Waals surface area contributed by atoms with Crippen LogP contribution in [0.5, 0.6) is 0 Å². The minimum absolute atomic E-state index is 0.205. The van der Waals surface area contributed by atoms with E-state index in [4.69, 9.17) is 0 Å². The van der Waals surface area contributed by atoms with Crippen molar-refractivity contribution in [3.05, 3.63) is 34.4 Å². The third-order valence-electron chi connectivity index (χ3n) is 3.21. The van der Waals surface area contributed by atoms with Crippen LogP contribution in [-0.4, -0.2) is 23.0 Å². The number of hydrogen-bond acceptors (Lipinski definition) is 2. The lowest BCUT2D eigenvalue weighted by atomic mass is 9.98. The number of amides is 1. The number of carbonyl (C=O) groups excluding carboxylic acids is 1. The smallest absolute Gasteiger partial charge is 0.326 e. The number of carboxylic acid groups (broad SMARTS) is 1. The molecule has 0 saturated heterocycles. The molecule has 0 fully saturated rings. The van der Waals surface area contributed by atoms with Gasteiger partial charge in [-0.3, -0.25) is 4.79 Å². The fourth-order valence-electron chi connectivity index (χ4n) is 2.46. The second-order valence-corrected chi connectivity index (χ2v) is 5.77. The average Bonchev–Trinajstić information content (AvgIpc) is 2.25. The third kappa shape index (κ3) is 4.08. The van der Waals surface area contributed by atoms with Crippen molar-refractivity contribution in [1.29, 1.82) is 0 Å². The first-order chi connectivity index (χ1) is 9.22. The summed E-state index contributed by atoms with van der Waals surface area (Å²) in [6.07, 6.45) is 0.422. The molecule has 0 unspecified atom stereocenters. The summed E-state index contributed by atoms with van der Waals surface area (Å²) in [5.41, 5.74) is 3.40. The van der Waals surface area contributed by atoms with Gasteiger partial charge in [0.25, 0.3) is 5.91 Å². The van der Waals surface area contributed by atoms with Crippen LogP contribution in [0, 0.1) is 26.7 Å². The molecule has 0 saturated carbocycles. The zero-order valence-corrected chi connectivity index (χ0v) is 12.8. The molecular weight excluding hydrogens is 254 g/mol. The summed E-state index contributed by atoms with van der Waals surface area (Å²) in [5, 5.41) is 11.8. The number of rotatable bonds is 5. The van der Waals surface area contributed by atoms with E-state index in [-0.39, 0.29) is 11.8 Å². The average molecular weight is 277 g/mol. The lowest BCUT2D eigenvalue weighted by Crippen LogP contribution is -2.42. The van der Waals surface area contributed by atoms with E-state index in [9.17, 15) is 14.7 Å². The molecule has 20 heavy (non-hydrogen) atoms. The third-order valence-corrected chi connectivity index (χ3v) is 3.21. The zero-order valence-electron chi connectivity index (χ0n) is 12.8. The summed E-state index contributed by atoms with van der Waals surface area (Å²) in [4.78, 5) is 23.5. The van der Waals surface area contributed by atoms with Gasteiger partial charge >= 0.3 is 5.97 Å². The van der Waals surface area contributed by atoms with Crippen molar-refractivity contribution in [1.82, 2.24) is 5.32 Å². The van der Waals surface area contributed by atoms with Gasteiger partial charge in [0.2, 0.25) is 0 Å². The Labute approximate surface area is 120 Å². The number of aryl methyl sites for hydroxylation is 3. The fourth-order valence-corrected chi connectivity index (χ4v) is 2.46. The molecule has 0 aliphatic heterocycles. The summed E-state index contributed by atoms with van der Waals surface area (Å²) < 4.78 is 0. The minimum Gasteiger partial charge on any atom is -0.480 e. The number of hydrogen-bond donors (Lipinski definition) is 2. The van der Waals surface area contributed by atoms with E-state index in [2.05, 4.69) is 5.32 Å². The van der Waals surface area contributed by atoms with Gasteiger partial charge in [0, 0.05) is 5.56 Å². The van der Waals surface area contributed by atoms with Gasteiger partial charge in [0.1, 0.15) is 6.04 Å². The van der Waals surface area contributed by atoms with Crippen molar-refractivity contribution in [2.24, 2.45) is 5.92 Å². The Balaban J connectivity index is 2.98. The Kier molecular flexibility index (Phi) is 5.31. The minimum atomic E-state index is -0.991. The molecule has 0 aliphatic rings. The predicted molar refractivity (Wildman–Crippen MR) is 79.0 cm³/mol. The van der Waals surface area contributed by atoms with E-state index in [0.29, 0.717) is 12.0 Å². The van der Waals surface area contributed by atoms with Crippen LogP contribution in [0.3, 0.4) is 0 Å². The summed E-state index contributed by atoms with van der Waals surface area (Å²) >= 11 is 0. The quantitative estimate of drug-likeness (QED) is 0.869. The largest absolute Gasteiger partial charge is 0.480 e. The van der Waals surface area contributed by atoms with E-state index in [0.717, 1.165) is 16.7 Å². The van der Waals surface area contributed by atoms with E-state index < -0.39 is 12.0 Å². The SMILES string of the molecule is Cc1cc(C)c(C(=O)N[C@@H](CC(C)C)C(=O)O)c(C)c1. The second kappa shape index (κ2) is 6.55. The lowest BCUT2D eigenvalue weighted by molar-refractivity contribution is -0.139. The molecule has 2 N–H and O–H groups in total. The van der Waals surface area contributed by atoms with Gasteiger partial charge in [-0.1, -0.05) is 31.5 Å². The first-order valence-electron chi connectivity index (χ1n) is 6.84. The van der Waals surface area contributed by atoms with Crippen molar-refractivity contribution in [3.63, 3.8) is 0 Å². The topological polar surface area (TPSA) is 66.4 Å². The number of carboxylic acids is 1. The van der Waals surface area contributed by atoms with Crippen molar-refractivity contribution in [2.45, 2.75) is 47.1 Å². The number of aliphatic carboxylic acids is 1. The predicted octanol–water partition coefficient (Wildman–Crippen LogP) is 2.84. The van der Waals surface area contributed by atoms with Gasteiger partial charge in [-0.25, -0.2) is 4.79 Å². The van der Waals surface area contributed by atoms with Crippen LogP contribution in [0.4, 0.5) is 0 Å². The summed E-state index contributed by atoms with van der Waals surface area (Å²) in [6, 6.07) is 3.02. The Morgan fingerprint density at radius 1 is 1.15 bits per heavy atom. The molecule has 0 heterocycles. The van der Waals surface area contributed by atoms with Gasteiger partial charge in [-0.15, -0.1) is 0 Å². The maximum Gasteiger partial charge on any atom is 0.326 e. The maximum absolute atomic E-state index is 12.3. The normalized spacial score (nSPS) is 12.3. The van der Waals surface area contributed by atoms with E-state index >= 15 is 0 Å². The van der Waals surface area contributed by atoms with Crippen LogP contribution < -0.4 is 5.32 Å². The van der Waals surface area contributed by atoms with Crippen LogP contribution in [0.1, 0.15) is 47.3 Å². The number of nitrogens with one attached hydrogen (secondary N) is 1. The highest BCUT2D eigenvalue weighted by atomic mass is 16.4. The highest BCUT2D eigenvalue weighted by Crippen LogP contribution is 2.17. The molecule has 0 radical (unpaired) electrons. The van der Waals surface area contributed by atoms with Crippen LogP contribution in [0.15, 0.2) is 12.1 Å². The van der Waals surface area contributed by atoms with Crippen LogP contribution in [0.2, 0.25) is 0 Å². The van der Waals surface area contributed by atoms with Gasteiger partial charge in [0.15, 0.2) is 0 Å². The maximum atomic E-state index is 12.3. The Bertz CT molecular complexity index is 497. The molecule has 4 nitrogen and oxygen atoms in total. The van der Waals surface area contributed by atoms with Crippen molar-refractivity contribution >= 4 is 11.9 Å². The van der Waals surface area contributed by atoms with Crippen LogP contribution >= 0.6 is 0 Å². The molecule has 1 aromatic rings. The molecule has 0 spiro atoms. The number of carbonyl (C=O) groups is 2. The fraction of sp³-hybridized carbons (Fsp3) is 0.500. The van der Waals surface area contributed by atoms with Crippen molar-refractivity contribution in [3.8, 4) is 0 Å². The van der Waals surface area contributed by atoms with Gasteiger partial charge in [0.05, 0.1) is 0 Å². The lowest BCUT2D eigenvalue weighted by Gasteiger charge is -2.18. The number of benzene rings is 1. The van der Waals surface area contributed by atoms with Crippen LogP contribution in [-0.2, 0) is 4.79 Å². The van der Waals surface area contributed by atoms with Gasteiger partial charge < -0.3 is 10.4 Å². The molecule has 1 atom stereocenters. The molecule has 1 rings (SSSR count). The summed E-state index contributed by atoms with van der Waals surface area (Å²) in [5.74, 6) is -1.10. The van der Waals surface area contributed by atoms with E-state index in [1.807, 2.05) is 46.8 Å². The monoisotopic (exact) mass is 277 g/mol. The van der Waals surface area contributed by atoms with Gasteiger partial charge in [-0.05, 0) is 44.2 Å². The van der Waals surface area contributed by atoms with Gasteiger partial charge in [-0.2, -0.15) is 0 Å². The molecular formula is C16H23NO3. The first kappa shape index (κ1) is 16.2. The molecule has 0 aliphatic carbocycles. The molecule has 1 aromatic carbocycles. The zero-order chi connectivity index (χ0) is 15.4. The first-order valence-corrected chi connectivity index (χ1v) is 6.84. The molecule has 0 bridgehead atoms. The highest BCUT2D eigenvalue weighted by molar-refractivity contribution is 5.99. The molecule has 110 valence electrons. The Morgan fingerprint density at radius 2 is 1.65 bits per heavy atom. The summed E-state index contributed by atoms with van der Waals surface area (Å²) in [7, 11) is 0. The van der Waals surface area contributed by atoms with Crippen LogP contribution in [0.25, 0.3) is 0 Å². The highest BCUT2D eigenvalue weighted by Gasteiger charge is 2.23. The van der Waals surface area contributed by atoms with Crippen molar-refractivity contribution < 1.29 is 14.7 Å². The Morgan fingerprint density at radius 3 is 2.05 bits per heavy atom. The molecule has 0 aromatic heterocycles. The van der Waals surface area contributed by atoms with E-state index in [1.165, 1.54) is 0 Å². The molecule has 1 amide bonds. The van der Waals surface area contributed by atoms with Crippen molar-refractivity contribution in [2.75, 3.05) is 0 Å². The van der Waals surface area contributed by atoms with E-state index in [1.54, 1.807) is 0 Å². The molecule has 4 heteroatoms. The standard InChI is InChI=1S/C16H23NO3/c1-9(2)6-13(16(19)20)17-15(18)14-11(4)7-10(3)8-12(14)5/h7-9,13H,6H2,1-5H3,(H,17,18)(H,19,20)/t13-/m0/s1. The Hall–Kier alpha value is -1.84.